The van der Waals surface area contributed by atoms with Gasteiger partial charge in [0.1, 0.15) is 0 Å². The van der Waals surface area contributed by atoms with Crippen LogP contribution >= 0.6 is 0 Å². The number of carbonyl (C=O) groups excluding carboxylic acids is 1. The molecule has 0 aromatic heterocycles. The van der Waals surface area contributed by atoms with Gasteiger partial charge in [0.25, 0.3) is 0 Å². The van der Waals surface area contributed by atoms with Crippen LogP contribution in [0.5, 0.6) is 0 Å². The van der Waals surface area contributed by atoms with Crippen molar-refractivity contribution >= 4 is 20.8 Å². The molecule has 0 radical (unpaired) electrons. The molecule has 0 spiro atoms. The van der Waals surface area contributed by atoms with Crippen LogP contribution in [-0.4, -0.2) is 27.4 Å². The van der Waals surface area contributed by atoms with Crippen molar-refractivity contribution in [3.63, 3.8) is 0 Å². The van der Waals surface area contributed by atoms with Gasteiger partial charge in [0, 0.05) is 0 Å². The molecule has 48 valence electrons. The Bertz CT molecular complexity index is 74.8. The molecule has 0 aromatic rings. The second-order valence-electron chi connectivity index (χ2n) is 1.57. The van der Waals surface area contributed by atoms with E-state index in [-0.39, 0.29) is 4.81 Å². The first kappa shape index (κ1) is 7.99. The Hall–Kier alpha value is -0.0105. The Kier molecular flexibility index (Phi) is 5.13. The fourth-order valence-electron chi connectivity index (χ4n) is 0.367. The molecule has 2 nitrogen and oxygen atoms in total. The van der Waals surface area contributed by atoms with Gasteiger partial charge in [-0.3, -0.25) is 0 Å². The Balaban J connectivity index is 2.82. The molecule has 8 heavy (non-hydrogen) atoms. The van der Waals surface area contributed by atoms with Gasteiger partial charge in [0.2, 0.25) is 0 Å². The van der Waals surface area contributed by atoms with Crippen LogP contribution in [0, 0.1) is 0 Å². The predicted octanol–water partition coefficient (Wildman–Crippen LogP) is 0.665. The molecule has 0 saturated carbocycles. The Morgan fingerprint density at radius 2 is 2.38 bits per heavy atom. The third-order valence-corrected chi connectivity index (χ3v) is 1.10. The summed E-state index contributed by atoms with van der Waals surface area (Å²) in [6.07, 6.45) is 2.19. The van der Waals surface area contributed by atoms with E-state index >= 15 is 0 Å². The molecule has 0 aliphatic rings. The standard InChI is InChI=1S/C5H11NOSe/c1-2-3-4-6-5(7)8/h2-4H2,1H3,(H2,6,7,8)/p-1. The fraction of sp³-hybridized carbons (Fsp3) is 0.800. The van der Waals surface area contributed by atoms with E-state index in [2.05, 4.69) is 28.3 Å². The summed E-state index contributed by atoms with van der Waals surface area (Å²) in [7, 11) is 0. The molecular formula is C5H10NOSe-. The van der Waals surface area contributed by atoms with Crippen molar-refractivity contribution in [3.05, 3.63) is 0 Å². The van der Waals surface area contributed by atoms with Crippen LogP contribution in [0.2, 0.25) is 0 Å². The molecule has 0 rings (SSSR count). The summed E-state index contributed by atoms with van der Waals surface area (Å²) in [5.41, 5.74) is 0. The topological polar surface area (TPSA) is 29.1 Å². The SMILES string of the molecule is CCCCNC(=O)[Se-]. The zero-order valence-electron chi connectivity index (χ0n) is 4.94. The Morgan fingerprint density at radius 1 is 1.75 bits per heavy atom. The van der Waals surface area contributed by atoms with E-state index in [1.165, 1.54) is 0 Å². The first-order valence-corrected chi connectivity index (χ1v) is 3.58. The van der Waals surface area contributed by atoms with Crippen molar-refractivity contribution in [2.24, 2.45) is 0 Å². The normalized spacial score (nSPS) is 8.62. The summed E-state index contributed by atoms with van der Waals surface area (Å²) in [6, 6.07) is 0. The number of amides is 1. The van der Waals surface area contributed by atoms with Gasteiger partial charge < -0.3 is 0 Å². The fourth-order valence-corrected chi connectivity index (χ4v) is 0.581. The second kappa shape index (κ2) is 5.13. The van der Waals surface area contributed by atoms with E-state index in [0.29, 0.717) is 0 Å². The summed E-state index contributed by atoms with van der Waals surface area (Å²) in [5.74, 6) is 0. The first-order chi connectivity index (χ1) is 3.77. The third-order valence-electron chi connectivity index (χ3n) is 0.800. The van der Waals surface area contributed by atoms with Gasteiger partial charge in [-0.1, -0.05) is 0 Å². The number of hydrogen-bond acceptors (Lipinski definition) is 1. The number of unbranched alkanes of at least 4 members (excludes halogenated alkanes) is 1. The summed E-state index contributed by atoms with van der Waals surface area (Å²) >= 11 is 2.35. The molecule has 0 aliphatic heterocycles. The molecule has 0 bridgehead atoms. The average molecular weight is 179 g/mol. The number of nitrogens with one attached hydrogen (secondary N) is 1. The molecule has 0 aliphatic carbocycles. The molecule has 0 atom stereocenters. The van der Waals surface area contributed by atoms with E-state index in [1.54, 1.807) is 0 Å². The third kappa shape index (κ3) is 5.99. The van der Waals surface area contributed by atoms with E-state index in [1.807, 2.05) is 0 Å². The number of hydrogen-bond donors (Lipinski definition) is 1. The quantitative estimate of drug-likeness (QED) is 0.500. The Morgan fingerprint density at radius 3 is 2.75 bits per heavy atom. The van der Waals surface area contributed by atoms with Crippen LogP contribution in [0.3, 0.4) is 0 Å². The van der Waals surface area contributed by atoms with Crippen LogP contribution in [0.15, 0.2) is 0 Å². The number of rotatable bonds is 3. The zero-order chi connectivity index (χ0) is 6.41. The molecular weight excluding hydrogens is 169 g/mol. The van der Waals surface area contributed by atoms with Crippen molar-refractivity contribution < 1.29 is 4.79 Å². The molecule has 0 saturated heterocycles. The summed E-state index contributed by atoms with van der Waals surface area (Å²) in [5, 5.41) is 2.65. The van der Waals surface area contributed by atoms with Crippen LogP contribution in [0.1, 0.15) is 19.8 Å². The molecule has 0 aromatic carbocycles. The molecule has 1 amide bonds. The summed E-state index contributed by atoms with van der Waals surface area (Å²) in [4.78, 5) is 10.1. The van der Waals surface area contributed by atoms with Gasteiger partial charge in [-0.25, -0.2) is 0 Å². The van der Waals surface area contributed by atoms with Crippen LogP contribution in [-0.2, 0) is 0 Å². The minimum absolute atomic E-state index is 0.0570. The van der Waals surface area contributed by atoms with Crippen molar-refractivity contribution in [3.8, 4) is 0 Å². The number of carbonyl (C=O) groups is 1. The maximum atomic E-state index is 10.2. The van der Waals surface area contributed by atoms with Crippen LogP contribution in [0.4, 0.5) is 4.79 Å². The van der Waals surface area contributed by atoms with Crippen molar-refractivity contribution in [2.75, 3.05) is 6.54 Å². The van der Waals surface area contributed by atoms with E-state index < -0.39 is 0 Å². The summed E-state index contributed by atoms with van der Waals surface area (Å²) in [6.45, 7) is 2.88. The monoisotopic (exact) mass is 180 g/mol. The van der Waals surface area contributed by atoms with Crippen LogP contribution < -0.4 is 5.32 Å². The average Bonchev–Trinajstić information content (AvgIpc) is 1.66. The zero-order valence-corrected chi connectivity index (χ0v) is 6.65. The first-order valence-electron chi connectivity index (χ1n) is 2.72. The molecule has 1 N–H and O–H groups in total. The van der Waals surface area contributed by atoms with Gasteiger partial charge in [-0.15, -0.1) is 0 Å². The second-order valence-corrected chi connectivity index (χ2v) is 2.35. The van der Waals surface area contributed by atoms with Gasteiger partial charge in [0.15, 0.2) is 0 Å². The van der Waals surface area contributed by atoms with Gasteiger partial charge in [-0.2, -0.15) is 0 Å². The van der Waals surface area contributed by atoms with Crippen molar-refractivity contribution in [2.45, 2.75) is 19.8 Å². The molecule has 0 unspecified atom stereocenters. The minimum atomic E-state index is -0.0570. The summed E-state index contributed by atoms with van der Waals surface area (Å²) < 4.78 is 0. The van der Waals surface area contributed by atoms with Gasteiger partial charge in [-0.05, 0) is 0 Å². The molecule has 0 heterocycles. The van der Waals surface area contributed by atoms with Gasteiger partial charge in [0.05, 0.1) is 0 Å². The van der Waals surface area contributed by atoms with E-state index in [4.69, 9.17) is 0 Å². The molecule has 3 heteroatoms. The van der Waals surface area contributed by atoms with Crippen molar-refractivity contribution in [1.82, 2.24) is 5.32 Å². The maximum absolute atomic E-state index is 10.2. The van der Waals surface area contributed by atoms with E-state index in [9.17, 15) is 4.79 Å². The van der Waals surface area contributed by atoms with E-state index in [0.717, 1.165) is 19.4 Å². The molecule has 0 fully saturated rings. The van der Waals surface area contributed by atoms with Crippen molar-refractivity contribution in [1.29, 1.82) is 0 Å². The Labute approximate surface area is 57.8 Å². The predicted molar refractivity (Wildman–Crippen MR) is 34.1 cm³/mol. The van der Waals surface area contributed by atoms with Crippen LogP contribution in [0.25, 0.3) is 0 Å². The van der Waals surface area contributed by atoms with Gasteiger partial charge >= 0.3 is 57.2 Å².